The van der Waals surface area contributed by atoms with Crippen LogP contribution in [0.15, 0.2) is 0 Å². The number of rotatable bonds is 4. The zero-order chi connectivity index (χ0) is 10.6. The Morgan fingerprint density at radius 3 is 2.79 bits per heavy atom. The molecule has 1 saturated carbocycles. The smallest absolute Gasteiger partial charge is 0.0852 e. The molecule has 2 atom stereocenters. The molecule has 2 heteroatoms. The lowest BCUT2D eigenvalue weighted by atomic mass is 9.73. The molecule has 0 aromatic heterocycles. The van der Waals surface area contributed by atoms with E-state index in [9.17, 15) is 5.11 Å². The lowest BCUT2D eigenvalue weighted by Gasteiger charge is -2.40. The average molecular weight is 200 g/mol. The fourth-order valence-electron chi connectivity index (χ4n) is 2.12. The van der Waals surface area contributed by atoms with Crippen LogP contribution in [-0.4, -0.2) is 23.9 Å². The van der Waals surface area contributed by atoms with Crippen LogP contribution in [0.4, 0.5) is 0 Å². The predicted octanol–water partition coefficient (Wildman–Crippen LogP) is 2.74. The monoisotopic (exact) mass is 200 g/mol. The van der Waals surface area contributed by atoms with Crippen LogP contribution in [-0.2, 0) is 4.74 Å². The van der Waals surface area contributed by atoms with E-state index in [2.05, 4.69) is 20.8 Å². The molecule has 0 aromatic rings. The number of hydrogen-bond acceptors (Lipinski definition) is 2. The standard InChI is InChI=1S/C12H24O2/c1-4-5-9-14-10-7-6-8-12(2,3)11(10)13/h10-11,13H,4-9H2,1-3H3. The van der Waals surface area contributed by atoms with Crippen LogP contribution in [0.5, 0.6) is 0 Å². The van der Waals surface area contributed by atoms with Crippen LogP contribution in [0, 0.1) is 5.41 Å². The Balaban J connectivity index is 2.36. The minimum atomic E-state index is -0.284. The highest BCUT2D eigenvalue weighted by Gasteiger charge is 2.38. The molecule has 1 fully saturated rings. The summed E-state index contributed by atoms with van der Waals surface area (Å²) in [5.74, 6) is 0. The van der Waals surface area contributed by atoms with Crippen LogP contribution in [0.25, 0.3) is 0 Å². The van der Waals surface area contributed by atoms with Crippen molar-refractivity contribution in [1.82, 2.24) is 0 Å². The van der Waals surface area contributed by atoms with E-state index in [0.717, 1.165) is 32.3 Å². The van der Waals surface area contributed by atoms with Gasteiger partial charge in [-0.2, -0.15) is 0 Å². The first-order valence-electron chi connectivity index (χ1n) is 5.87. The fraction of sp³-hybridized carbons (Fsp3) is 1.00. The summed E-state index contributed by atoms with van der Waals surface area (Å²) in [5, 5.41) is 10.1. The number of aliphatic hydroxyl groups excluding tert-OH is 1. The summed E-state index contributed by atoms with van der Waals surface area (Å²) >= 11 is 0. The van der Waals surface area contributed by atoms with Crippen molar-refractivity contribution in [1.29, 1.82) is 0 Å². The van der Waals surface area contributed by atoms with Crippen molar-refractivity contribution in [3.63, 3.8) is 0 Å². The van der Waals surface area contributed by atoms with Gasteiger partial charge in [-0.15, -0.1) is 0 Å². The minimum absolute atomic E-state index is 0.0368. The first-order valence-corrected chi connectivity index (χ1v) is 5.87. The van der Waals surface area contributed by atoms with Gasteiger partial charge in [0.05, 0.1) is 12.2 Å². The second-order valence-electron chi connectivity index (χ2n) is 5.09. The molecule has 0 amide bonds. The molecule has 14 heavy (non-hydrogen) atoms. The molecular weight excluding hydrogens is 176 g/mol. The fourth-order valence-corrected chi connectivity index (χ4v) is 2.12. The Bertz CT molecular complexity index is 166. The Kier molecular flexibility index (Phi) is 4.39. The second-order valence-corrected chi connectivity index (χ2v) is 5.09. The summed E-state index contributed by atoms with van der Waals surface area (Å²) in [7, 11) is 0. The van der Waals surface area contributed by atoms with Gasteiger partial charge in [0.25, 0.3) is 0 Å². The lowest BCUT2D eigenvalue weighted by molar-refractivity contribution is -0.112. The molecule has 1 N–H and O–H groups in total. The SMILES string of the molecule is CCCCOC1CCCC(C)(C)C1O. The third-order valence-corrected chi connectivity index (χ3v) is 3.29. The summed E-state index contributed by atoms with van der Waals surface area (Å²) in [4.78, 5) is 0. The molecule has 2 unspecified atom stereocenters. The van der Waals surface area contributed by atoms with E-state index >= 15 is 0 Å². The van der Waals surface area contributed by atoms with Gasteiger partial charge in [0.2, 0.25) is 0 Å². The van der Waals surface area contributed by atoms with E-state index in [1.807, 2.05) is 0 Å². The van der Waals surface area contributed by atoms with Gasteiger partial charge >= 0.3 is 0 Å². The van der Waals surface area contributed by atoms with Crippen molar-refractivity contribution in [2.75, 3.05) is 6.61 Å². The molecule has 84 valence electrons. The van der Waals surface area contributed by atoms with Gasteiger partial charge in [0.1, 0.15) is 0 Å². The van der Waals surface area contributed by atoms with E-state index in [1.54, 1.807) is 0 Å². The molecule has 1 aliphatic carbocycles. The van der Waals surface area contributed by atoms with Crippen LogP contribution < -0.4 is 0 Å². The highest BCUT2D eigenvalue weighted by Crippen LogP contribution is 2.36. The predicted molar refractivity (Wildman–Crippen MR) is 58.3 cm³/mol. The number of hydrogen-bond donors (Lipinski definition) is 1. The Hall–Kier alpha value is -0.0800. The van der Waals surface area contributed by atoms with Crippen molar-refractivity contribution < 1.29 is 9.84 Å². The average Bonchev–Trinajstić information content (AvgIpc) is 2.13. The maximum atomic E-state index is 10.1. The zero-order valence-electron chi connectivity index (χ0n) is 9.75. The van der Waals surface area contributed by atoms with E-state index < -0.39 is 0 Å². The highest BCUT2D eigenvalue weighted by atomic mass is 16.5. The van der Waals surface area contributed by atoms with Gasteiger partial charge in [0.15, 0.2) is 0 Å². The van der Waals surface area contributed by atoms with E-state index in [0.29, 0.717) is 0 Å². The summed E-state index contributed by atoms with van der Waals surface area (Å²) in [6, 6.07) is 0. The van der Waals surface area contributed by atoms with Crippen LogP contribution >= 0.6 is 0 Å². The largest absolute Gasteiger partial charge is 0.390 e. The third-order valence-electron chi connectivity index (χ3n) is 3.29. The third kappa shape index (κ3) is 2.96. The van der Waals surface area contributed by atoms with Crippen molar-refractivity contribution in [2.24, 2.45) is 5.41 Å². The van der Waals surface area contributed by atoms with Crippen molar-refractivity contribution >= 4 is 0 Å². The molecule has 0 saturated heterocycles. The van der Waals surface area contributed by atoms with Crippen molar-refractivity contribution in [3.05, 3.63) is 0 Å². The normalized spacial score (nSPS) is 31.7. The van der Waals surface area contributed by atoms with Gasteiger partial charge in [-0.25, -0.2) is 0 Å². The number of unbranched alkanes of at least 4 members (excludes halogenated alkanes) is 1. The molecule has 1 rings (SSSR count). The van der Waals surface area contributed by atoms with E-state index in [-0.39, 0.29) is 17.6 Å². The molecule has 0 spiro atoms. The number of ether oxygens (including phenoxy) is 1. The van der Waals surface area contributed by atoms with Gasteiger partial charge in [0, 0.05) is 6.61 Å². The minimum Gasteiger partial charge on any atom is -0.390 e. The lowest BCUT2D eigenvalue weighted by Crippen LogP contribution is -2.44. The summed E-state index contributed by atoms with van der Waals surface area (Å²) < 4.78 is 5.72. The maximum Gasteiger partial charge on any atom is 0.0852 e. The maximum absolute atomic E-state index is 10.1. The van der Waals surface area contributed by atoms with Gasteiger partial charge in [-0.3, -0.25) is 0 Å². The molecule has 1 aliphatic rings. The molecular formula is C12H24O2. The van der Waals surface area contributed by atoms with E-state index in [1.165, 1.54) is 6.42 Å². The molecule has 0 aliphatic heterocycles. The van der Waals surface area contributed by atoms with Crippen molar-refractivity contribution in [2.45, 2.75) is 65.1 Å². The Morgan fingerprint density at radius 1 is 1.43 bits per heavy atom. The van der Waals surface area contributed by atoms with Gasteiger partial charge in [-0.05, 0) is 24.7 Å². The van der Waals surface area contributed by atoms with Crippen LogP contribution in [0.1, 0.15) is 52.9 Å². The molecule has 0 bridgehead atoms. The summed E-state index contributed by atoms with van der Waals surface area (Å²) in [5.41, 5.74) is 0.0368. The first kappa shape index (κ1) is 12.0. The Labute approximate surface area is 87.7 Å². The summed E-state index contributed by atoms with van der Waals surface area (Å²) in [6.45, 7) is 7.22. The van der Waals surface area contributed by atoms with E-state index in [4.69, 9.17) is 4.74 Å². The quantitative estimate of drug-likeness (QED) is 0.707. The van der Waals surface area contributed by atoms with Gasteiger partial charge in [-0.1, -0.05) is 33.6 Å². The first-order chi connectivity index (χ1) is 6.58. The molecule has 0 radical (unpaired) electrons. The zero-order valence-corrected chi connectivity index (χ0v) is 9.75. The van der Waals surface area contributed by atoms with Crippen molar-refractivity contribution in [3.8, 4) is 0 Å². The second kappa shape index (κ2) is 5.13. The van der Waals surface area contributed by atoms with Crippen LogP contribution in [0.2, 0.25) is 0 Å². The molecule has 0 heterocycles. The van der Waals surface area contributed by atoms with Gasteiger partial charge < -0.3 is 9.84 Å². The molecule has 2 nitrogen and oxygen atoms in total. The highest BCUT2D eigenvalue weighted by molar-refractivity contribution is 4.88. The summed E-state index contributed by atoms with van der Waals surface area (Å²) in [6.07, 6.45) is 5.37. The van der Waals surface area contributed by atoms with Crippen LogP contribution in [0.3, 0.4) is 0 Å². The topological polar surface area (TPSA) is 29.5 Å². The number of aliphatic hydroxyl groups is 1. The Morgan fingerprint density at radius 2 is 2.14 bits per heavy atom. The molecule has 0 aromatic carbocycles.